The molecule has 0 N–H and O–H groups in total. The van der Waals surface area contributed by atoms with Gasteiger partial charge in [-0.3, -0.25) is 0 Å². The number of carbonyl (C=O) groups is 1. The molecule has 2 rings (SSSR count). The summed E-state index contributed by atoms with van der Waals surface area (Å²) in [4.78, 5) is 11.8. The van der Waals surface area contributed by atoms with Gasteiger partial charge in [-0.2, -0.15) is 0 Å². The van der Waals surface area contributed by atoms with Gasteiger partial charge in [0, 0.05) is 10.0 Å². The van der Waals surface area contributed by atoms with Gasteiger partial charge in [-0.05, 0) is 40.1 Å². The molecule has 1 unspecified atom stereocenters. The first kappa shape index (κ1) is 14.0. The molecule has 1 atom stereocenters. The Morgan fingerprint density at radius 2 is 2.26 bits per heavy atom. The highest BCUT2D eigenvalue weighted by atomic mass is 79.9. The summed E-state index contributed by atoms with van der Waals surface area (Å²) in [7, 11) is 0. The third kappa shape index (κ3) is 3.78. The lowest BCUT2D eigenvalue weighted by atomic mass is 10.1. The number of epoxide rings is 1. The number of hydrogen-bond acceptors (Lipinski definition) is 3. The van der Waals surface area contributed by atoms with Gasteiger partial charge in [0.15, 0.2) is 0 Å². The lowest BCUT2D eigenvalue weighted by molar-refractivity contribution is -0.139. The van der Waals surface area contributed by atoms with Crippen molar-refractivity contribution in [3.05, 3.63) is 46.0 Å². The molecule has 1 fully saturated rings. The average molecular weight is 323 g/mol. The summed E-state index contributed by atoms with van der Waals surface area (Å²) in [5.74, 6) is -0.314. The number of ether oxygens (including phenoxy) is 2. The monoisotopic (exact) mass is 322 g/mol. The van der Waals surface area contributed by atoms with Crippen LogP contribution in [0.2, 0.25) is 0 Å². The van der Waals surface area contributed by atoms with Crippen molar-refractivity contribution < 1.29 is 14.3 Å². The molecule has 19 heavy (non-hydrogen) atoms. The quantitative estimate of drug-likeness (QED) is 0.473. The van der Waals surface area contributed by atoms with E-state index in [9.17, 15) is 4.79 Å². The molecule has 3 nitrogen and oxygen atoms in total. The number of benzene rings is 1. The molecule has 1 aromatic rings. The number of halogens is 1. The molecular formula is C15H15BrO3. The van der Waals surface area contributed by atoms with Crippen LogP contribution in [0.1, 0.15) is 18.1 Å². The molecule has 0 aliphatic carbocycles. The first-order valence-electron chi connectivity index (χ1n) is 6.00. The Morgan fingerprint density at radius 3 is 2.89 bits per heavy atom. The minimum atomic E-state index is -0.314. The van der Waals surface area contributed by atoms with Crippen molar-refractivity contribution in [3.63, 3.8) is 0 Å². The fourth-order valence-electron chi connectivity index (χ4n) is 1.58. The Hall–Kier alpha value is -1.39. The molecule has 0 spiro atoms. The SMILES string of the molecule is C=Cc1cccc(/C=C(\C)C(=O)OCC2CO2)c1Br. The van der Waals surface area contributed by atoms with Gasteiger partial charge >= 0.3 is 5.97 Å². The normalized spacial score (nSPS) is 18.0. The zero-order valence-corrected chi connectivity index (χ0v) is 12.3. The fourth-order valence-corrected chi connectivity index (χ4v) is 2.12. The number of esters is 1. The standard InChI is InChI=1S/C15H15BrO3/c1-3-11-5-4-6-12(14(11)16)7-10(2)15(17)19-9-13-8-18-13/h3-7,13H,1,8-9H2,2H3/b10-7+. The van der Waals surface area contributed by atoms with Crippen LogP contribution in [0.25, 0.3) is 12.2 Å². The first-order valence-corrected chi connectivity index (χ1v) is 6.79. The number of hydrogen-bond donors (Lipinski definition) is 0. The highest BCUT2D eigenvalue weighted by molar-refractivity contribution is 9.10. The van der Waals surface area contributed by atoms with Crippen molar-refractivity contribution in [2.75, 3.05) is 13.2 Å². The zero-order valence-electron chi connectivity index (χ0n) is 10.7. The second-order valence-electron chi connectivity index (χ2n) is 4.34. The van der Waals surface area contributed by atoms with Crippen LogP contribution in [0.4, 0.5) is 0 Å². The molecule has 0 amide bonds. The molecule has 4 heteroatoms. The van der Waals surface area contributed by atoms with Crippen molar-refractivity contribution in [1.29, 1.82) is 0 Å². The van der Waals surface area contributed by atoms with Crippen LogP contribution < -0.4 is 0 Å². The van der Waals surface area contributed by atoms with Crippen LogP contribution in [-0.4, -0.2) is 25.3 Å². The molecule has 0 saturated carbocycles. The van der Waals surface area contributed by atoms with Crippen LogP contribution in [-0.2, 0) is 14.3 Å². The molecule has 1 heterocycles. The summed E-state index contributed by atoms with van der Waals surface area (Å²) in [6.45, 7) is 6.50. The van der Waals surface area contributed by atoms with E-state index in [-0.39, 0.29) is 12.1 Å². The minimum Gasteiger partial charge on any atom is -0.459 e. The van der Waals surface area contributed by atoms with Crippen LogP contribution in [0.5, 0.6) is 0 Å². The molecule has 1 saturated heterocycles. The second kappa shape index (κ2) is 6.17. The van der Waals surface area contributed by atoms with E-state index in [1.165, 1.54) is 0 Å². The predicted molar refractivity (Wildman–Crippen MR) is 78.6 cm³/mol. The van der Waals surface area contributed by atoms with E-state index in [0.29, 0.717) is 18.8 Å². The van der Waals surface area contributed by atoms with Gasteiger partial charge in [-0.15, -0.1) is 0 Å². The van der Waals surface area contributed by atoms with Crippen molar-refractivity contribution >= 4 is 34.1 Å². The topological polar surface area (TPSA) is 38.8 Å². The molecule has 0 radical (unpaired) electrons. The summed E-state index contributed by atoms with van der Waals surface area (Å²) < 4.78 is 11.0. The van der Waals surface area contributed by atoms with E-state index in [4.69, 9.17) is 9.47 Å². The van der Waals surface area contributed by atoms with E-state index < -0.39 is 0 Å². The molecular weight excluding hydrogens is 308 g/mol. The molecule has 0 aromatic heterocycles. The molecule has 1 aromatic carbocycles. The minimum absolute atomic E-state index is 0.0904. The first-order chi connectivity index (χ1) is 9.11. The number of rotatable bonds is 5. The van der Waals surface area contributed by atoms with Crippen LogP contribution >= 0.6 is 15.9 Å². The Labute approximate surface area is 121 Å². The summed E-state index contributed by atoms with van der Waals surface area (Å²) >= 11 is 3.50. The lowest BCUT2D eigenvalue weighted by Crippen LogP contribution is -2.10. The second-order valence-corrected chi connectivity index (χ2v) is 5.13. The molecule has 1 aliphatic rings. The van der Waals surface area contributed by atoms with Crippen LogP contribution in [0, 0.1) is 0 Å². The highest BCUT2D eigenvalue weighted by Crippen LogP contribution is 2.25. The van der Waals surface area contributed by atoms with Gasteiger partial charge in [-0.25, -0.2) is 4.79 Å². The van der Waals surface area contributed by atoms with E-state index in [1.807, 2.05) is 18.2 Å². The van der Waals surface area contributed by atoms with Crippen LogP contribution in [0.15, 0.2) is 34.8 Å². The number of carbonyl (C=O) groups excluding carboxylic acids is 1. The maximum atomic E-state index is 11.8. The Bertz CT molecular complexity index is 530. The fraction of sp³-hybridized carbons (Fsp3) is 0.267. The van der Waals surface area contributed by atoms with E-state index in [2.05, 4.69) is 22.5 Å². The average Bonchev–Trinajstić information content (AvgIpc) is 3.22. The third-order valence-corrected chi connectivity index (χ3v) is 3.69. The smallest absolute Gasteiger partial charge is 0.333 e. The maximum absolute atomic E-state index is 11.8. The van der Waals surface area contributed by atoms with Gasteiger partial charge in [0.25, 0.3) is 0 Å². The molecule has 1 aliphatic heterocycles. The van der Waals surface area contributed by atoms with Gasteiger partial charge in [-0.1, -0.05) is 30.9 Å². The third-order valence-electron chi connectivity index (χ3n) is 2.78. The maximum Gasteiger partial charge on any atom is 0.333 e. The largest absolute Gasteiger partial charge is 0.459 e. The van der Waals surface area contributed by atoms with E-state index in [1.54, 1.807) is 19.1 Å². The van der Waals surface area contributed by atoms with Crippen molar-refractivity contribution in [2.45, 2.75) is 13.0 Å². The van der Waals surface area contributed by atoms with Crippen molar-refractivity contribution in [1.82, 2.24) is 0 Å². The van der Waals surface area contributed by atoms with Crippen molar-refractivity contribution in [3.8, 4) is 0 Å². The Balaban J connectivity index is 2.10. The molecule has 100 valence electrons. The Morgan fingerprint density at radius 1 is 1.58 bits per heavy atom. The summed E-state index contributed by atoms with van der Waals surface area (Å²) in [5.41, 5.74) is 2.47. The predicted octanol–water partition coefficient (Wildman–Crippen LogP) is 3.44. The summed E-state index contributed by atoms with van der Waals surface area (Å²) in [5, 5.41) is 0. The van der Waals surface area contributed by atoms with Gasteiger partial charge in [0.2, 0.25) is 0 Å². The zero-order chi connectivity index (χ0) is 13.8. The van der Waals surface area contributed by atoms with Gasteiger partial charge < -0.3 is 9.47 Å². The Kier molecular flexibility index (Phi) is 4.56. The summed E-state index contributed by atoms with van der Waals surface area (Å²) in [6, 6.07) is 5.80. The summed E-state index contributed by atoms with van der Waals surface area (Å²) in [6.07, 6.45) is 3.65. The molecule has 0 bridgehead atoms. The lowest BCUT2D eigenvalue weighted by Gasteiger charge is -2.06. The van der Waals surface area contributed by atoms with Gasteiger partial charge in [0.1, 0.15) is 12.7 Å². The van der Waals surface area contributed by atoms with E-state index >= 15 is 0 Å². The van der Waals surface area contributed by atoms with Crippen LogP contribution in [0.3, 0.4) is 0 Å². The van der Waals surface area contributed by atoms with E-state index in [0.717, 1.165) is 15.6 Å². The highest BCUT2D eigenvalue weighted by Gasteiger charge is 2.24. The van der Waals surface area contributed by atoms with Crippen molar-refractivity contribution in [2.24, 2.45) is 0 Å². The van der Waals surface area contributed by atoms with Gasteiger partial charge in [0.05, 0.1) is 6.61 Å².